The van der Waals surface area contributed by atoms with Gasteiger partial charge in [-0.1, -0.05) is 59.8 Å². The SMILES string of the molecule is Cc1ccc(NC(=O)CC2SC(=NCc3ccccc3)NC2=O)c(C)c1. The van der Waals surface area contributed by atoms with E-state index in [1.54, 1.807) is 0 Å². The number of aryl methyl sites for hydroxylation is 2. The van der Waals surface area contributed by atoms with Crippen LogP contribution in [0.3, 0.4) is 0 Å². The van der Waals surface area contributed by atoms with Crippen molar-refractivity contribution in [3.05, 3.63) is 65.2 Å². The van der Waals surface area contributed by atoms with E-state index in [4.69, 9.17) is 0 Å². The van der Waals surface area contributed by atoms with Gasteiger partial charge in [0.25, 0.3) is 0 Å². The molecule has 0 radical (unpaired) electrons. The average Bonchev–Trinajstić information content (AvgIpc) is 2.96. The number of amides is 2. The van der Waals surface area contributed by atoms with Crippen molar-refractivity contribution in [1.29, 1.82) is 0 Å². The molecule has 26 heavy (non-hydrogen) atoms. The van der Waals surface area contributed by atoms with Crippen LogP contribution >= 0.6 is 11.8 Å². The molecule has 5 nitrogen and oxygen atoms in total. The molecule has 3 rings (SSSR count). The van der Waals surface area contributed by atoms with E-state index in [1.165, 1.54) is 11.8 Å². The fourth-order valence-corrected chi connectivity index (χ4v) is 3.65. The Kier molecular flexibility index (Phi) is 5.73. The number of anilines is 1. The average molecular weight is 367 g/mol. The second kappa shape index (κ2) is 8.19. The molecule has 1 fully saturated rings. The third-order valence-corrected chi connectivity index (χ3v) is 5.17. The number of nitrogens with zero attached hydrogens (tertiary/aromatic N) is 1. The van der Waals surface area contributed by atoms with E-state index in [0.29, 0.717) is 11.7 Å². The van der Waals surface area contributed by atoms with Gasteiger partial charge in [0.15, 0.2) is 5.17 Å². The number of hydrogen-bond acceptors (Lipinski definition) is 4. The molecule has 1 aliphatic heterocycles. The molecule has 1 unspecified atom stereocenters. The van der Waals surface area contributed by atoms with E-state index < -0.39 is 5.25 Å². The summed E-state index contributed by atoms with van der Waals surface area (Å²) in [4.78, 5) is 28.8. The molecule has 1 heterocycles. The van der Waals surface area contributed by atoms with Gasteiger partial charge in [-0.3, -0.25) is 14.6 Å². The second-order valence-electron chi connectivity index (χ2n) is 6.27. The normalized spacial score (nSPS) is 18.0. The van der Waals surface area contributed by atoms with Crippen molar-refractivity contribution in [3.63, 3.8) is 0 Å². The molecule has 2 aromatic carbocycles. The molecule has 1 atom stereocenters. The minimum absolute atomic E-state index is 0.119. The first kappa shape index (κ1) is 18.2. The monoisotopic (exact) mass is 367 g/mol. The van der Waals surface area contributed by atoms with Crippen LogP contribution in [-0.4, -0.2) is 22.2 Å². The third-order valence-electron chi connectivity index (χ3n) is 4.05. The Hall–Kier alpha value is -2.60. The van der Waals surface area contributed by atoms with E-state index >= 15 is 0 Å². The Morgan fingerprint density at radius 1 is 1.19 bits per heavy atom. The molecule has 2 N–H and O–H groups in total. The lowest BCUT2D eigenvalue weighted by atomic mass is 10.1. The van der Waals surface area contributed by atoms with E-state index in [9.17, 15) is 9.59 Å². The summed E-state index contributed by atoms with van der Waals surface area (Å²) in [7, 11) is 0. The van der Waals surface area contributed by atoms with Crippen LogP contribution in [0.15, 0.2) is 53.5 Å². The third kappa shape index (κ3) is 4.73. The zero-order valence-corrected chi connectivity index (χ0v) is 15.6. The Morgan fingerprint density at radius 3 is 2.69 bits per heavy atom. The van der Waals surface area contributed by atoms with Crippen molar-refractivity contribution >= 4 is 34.4 Å². The zero-order chi connectivity index (χ0) is 18.5. The molecule has 1 saturated heterocycles. The van der Waals surface area contributed by atoms with Crippen LogP contribution in [0.2, 0.25) is 0 Å². The largest absolute Gasteiger partial charge is 0.326 e. The molecule has 0 aromatic heterocycles. The van der Waals surface area contributed by atoms with Crippen LogP contribution in [0.25, 0.3) is 0 Å². The van der Waals surface area contributed by atoms with Crippen LogP contribution < -0.4 is 10.6 Å². The summed E-state index contributed by atoms with van der Waals surface area (Å²) in [6.45, 7) is 4.47. The number of thioether (sulfide) groups is 1. The number of carbonyl (C=O) groups is 2. The Balaban J connectivity index is 1.56. The van der Waals surface area contributed by atoms with Crippen molar-refractivity contribution in [3.8, 4) is 0 Å². The minimum Gasteiger partial charge on any atom is -0.326 e. The quantitative estimate of drug-likeness (QED) is 0.851. The highest BCUT2D eigenvalue weighted by Crippen LogP contribution is 2.24. The summed E-state index contributed by atoms with van der Waals surface area (Å²) < 4.78 is 0. The molecular weight excluding hydrogens is 346 g/mol. The first-order valence-corrected chi connectivity index (χ1v) is 9.32. The van der Waals surface area contributed by atoms with E-state index in [2.05, 4.69) is 15.6 Å². The molecule has 134 valence electrons. The van der Waals surface area contributed by atoms with E-state index in [0.717, 1.165) is 22.4 Å². The molecule has 0 saturated carbocycles. The molecule has 0 aliphatic carbocycles. The van der Waals surface area contributed by atoms with Crippen molar-refractivity contribution in [2.75, 3.05) is 5.32 Å². The minimum atomic E-state index is -0.449. The van der Waals surface area contributed by atoms with Gasteiger partial charge in [0.05, 0.1) is 6.54 Å². The van der Waals surface area contributed by atoms with Crippen LogP contribution in [0.5, 0.6) is 0 Å². The highest BCUT2D eigenvalue weighted by atomic mass is 32.2. The molecule has 6 heteroatoms. The predicted octanol–water partition coefficient (Wildman–Crippen LogP) is 3.42. The maximum absolute atomic E-state index is 12.3. The topological polar surface area (TPSA) is 70.6 Å². The molecule has 0 bridgehead atoms. The highest BCUT2D eigenvalue weighted by Gasteiger charge is 2.32. The van der Waals surface area contributed by atoms with E-state index in [-0.39, 0.29) is 18.2 Å². The number of hydrogen-bond donors (Lipinski definition) is 2. The maximum atomic E-state index is 12.3. The number of amidine groups is 1. The number of rotatable bonds is 5. The van der Waals surface area contributed by atoms with Crippen LogP contribution in [0.1, 0.15) is 23.1 Å². The summed E-state index contributed by atoms with van der Waals surface area (Å²) in [6.07, 6.45) is 0.119. The van der Waals surface area contributed by atoms with Crippen molar-refractivity contribution in [2.45, 2.75) is 32.1 Å². The zero-order valence-electron chi connectivity index (χ0n) is 14.8. The molecule has 0 spiro atoms. The second-order valence-corrected chi connectivity index (χ2v) is 7.46. The van der Waals surface area contributed by atoms with Gasteiger partial charge >= 0.3 is 0 Å². The Morgan fingerprint density at radius 2 is 1.96 bits per heavy atom. The summed E-state index contributed by atoms with van der Waals surface area (Å²) in [5, 5.41) is 5.77. The summed E-state index contributed by atoms with van der Waals surface area (Å²) in [5.74, 6) is -0.341. The van der Waals surface area contributed by atoms with Gasteiger partial charge in [-0.05, 0) is 31.0 Å². The first-order valence-electron chi connectivity index (χ1n) is 8.44. The molecule has 1 aliphatic rings. The van der Waals surface area contributed by atoms with Crippen molar-refractivity contribution < 1.29 is 9.59 Å². The fourth-order valence-electron chi connectivity index (χ4n) is 2.68. The highest BCUT2D eigenvalue weighted by molar-refractivity contribution is 8.15. The van der Waals surface area contributed by atoms with E-state index in [1.807, 2.05) is 62.4 Å². The summed E-state index contributed by atoms with van der Waals surface area (Å²) >= 11 is 1.31. The first-order chi connectivity index (χ1) is 12.5. The standard InChI is InChI=1S/C20H21N3O2S/c1-13-8-9-16(14(2)10-13)22-18(24)11-17-19(25)23-20(26-17)21-12-15-6-4-3-5-7-15/h3-10,17H,11-12H2,1-2H3,(H,22,24)(H,21,23,25). The van der Waals surface area contributed by atoms with Gasteiger partial charge in [0, 0.05) is 12.1 Å². The van der Waals surface area contributed by atoms with Crippen molar-refractivity contribution in [2.24, 2.45) is 4.99 Å². The molecular formula is C20H21N3O2S. The van der Waals surface area contributed by atoms with Crippen molar-refractivity contribution in [1.82, 2.24) is 5.32 Å². The van der Waals surface area contributed by atoms with Gasteiger partial charge in [0.1, 0.15) is 5.25 Å². The lowest BCUT2D eigenvalue weighted by Crippen LogP contribution is -2.28. The fraction of sp³-hybridized carbons (Fsp3) is 0.250. The Bertz CT molecular complexity index is 849. The molecule has 2 amide bonds. The number of benzene rings is 2. The van der Waals surface area contributed by atoms with Gasteiger partial charge in [0.2, 0.25) is 11.8 Å². The lowest BCUT2D eigenvalue weighted by Gasteiger charge is -2.10. The lowest BCUT2D eigenvalue weighted by molar-refractivity contribution is -0.122. The number of carbonyl (C=O) groups excluding carboxylic acids is 2. The van der Waals surface area contributed by atoms with Gasteiger partial charge in [-0.2, -0.15) is 0 Å². The Labute approximate surface area is 157 Å². The summed E-state index contributed by atoms with van der Waals surface area (Å²) in [5.41, 5.74) is 4.00. The van der Waals surface area contributed by atoms with Gasteiger partial charge < -0.3 is 10.6 Å². The smallest absolute Gasteiger partial charge is 0.240 e. The van der Waals surface area contributed by atoms with Gasteiger partial charge in [-0.15, -0.1) is 0 Å². The summed E-state index contributed by atoms with van der Waals surface area (Å²) in [6, 6.07) is 15.7. The van der Waals surface area contributed by atoms with Crippen LogP contribution in [-0.2, 0) is 16.1 Å². The predicted molar refractivity (Wildman–Crippen MR) is 106 cm³/mol. The van der Waals surface area contributed by atoms with Gasteiger partial charge in [-0.25, -0.2) is 0 Å². The maximum Gasteiger partial charge on any atom is 0.240 e. The number of aliphatic imine (C=N–C) groups is 1. The molecule has 2 aromatic rings. The van der Waals surface area contributed by atoms with Crippen LogP contribution in [0, 0.1) is 13.8 Å². The number of nitrogens with one attached hydrogen (secondary N) is 2. The van der Waals surface area contributed by atoms with Crippen LogP contribution in [0.4, 0.5) is 5.69 Å².